The predicted octanol–water partition coefficient (Wildman–Crippen LogP) is 5.07. The lowest BCUT2D eigenvalue weighted by Gasteiger charge is -2.27. The third-order valence-electron chi connectivity index (χ3n) is 5.26. The molecule has 5 nitrogen and oxygen atoms in total. The molecular formula is C24H34ClN3O2. The van der Waals surface area contributed by atoms with Crippen LogP contribution in [0.1, 0.15) is 43.7 Å². The molecule has 0 saturated carbocycles. The van der Waals surface area contributed by atoms with Crippen LogP contribution < -0.4 is 15.4 Å². The number of ether oxygens (including phenoxy) is 1. The summed E-state index contributed by atoms with van der Waals surface area (Å²) in [6.45, 7) is 8.36. The Morgan fingerprint density at radius 1 is 1.10 bits per heavy atom. The Kier molecular flexibility index (Phi) is 9.98. The van der Waals surface area contributed by atoms with Crippen molar-refractivity contribution in [3.05, 3.63) is 59.7 Å². The van der Waals surface area contributed by atoms with E-state index in [0.717, 1.165) is 63.5 Å². The average molecular weight is 432 g/mol. The number of benzene rings is 2. The molecule has 1 heterocycles. The lowest BCUT2D eigenvalue weighted by molar-refractivity contribution is 0.204. The minimum absolute atomic E-state index is 0. The van der Waals surface area contributed by atoms with Gasteiger partial charge in [-0.25, -0.2) is 4.79 Å². The molecule has 1 aliphatic heterocycles. The van der Waals surface area contributed by atoms with Crippen LogP contribution in [-0.4, -0.2) is 43.7 Å². The maximum atomic E-state index is 12.2. The molecule has 0 atom stereocenters. The maximum absolute atomic E-state index is 12.2. The zero-order valence-corrected chi connectivity index (χ0v) is 18.8. The van der Waals surface area contributed by atoms with Gasteiger partial charge in [0.05, 0.1) is 6.61 Å². The monoisotopic (exact) mass is 431 g/mol. The molecule has 0 spiro atoms. The van der Waals surface area contributed by atoms with Crippen LogP contribution in [-0.2, 0) is 6.42 Å². The van der Waals surface area contributed by atoms with Gasteiger partial charge < -0.3 is 20.3 Å². The second-order valence-electron chi connectivity index (χ2n) is 7.90. The van der Waals surface area contributed by atoms with Gasteiger partial charge in [0, 0.05) is 31.9 Å². The van der Waals surface area contributed by atoms with Crippen LogP contribution in [0.15, 0.2) is 48.5 Å². The lowest BCUT2D eigenvalue weighted by atomic mass is 10.0. The SMILES string of the molecule is CC(C)c1cccc(OCCCCc2ccc(NC(=O)N3CCNCC3)cc2)c1.Cl. The standard InChI is InChI=1S/C24H33N3O2.ClH/c1-19(2)21-7-5-8-23(18-21)29-17-4-3-6-20-9-11-22(12-10-20)26-24(28)27-15-13-25-14-16-27;/h5,7-12,18-19,25H,3-4,6,13-17H2,1-2H3,(H,26,28);1H. The van der Waals surface area contributed by atoms with Crippen molar-refractivity contribution in [2.75, 3.05) is 38.1 Å². The van der Waals surface area contributed by atoms with E-state index in [2.05, 4.69) is 54.8 Å². The molecule has 0 radical (unpaired) electrons. The van der Waals surface area contributed by atoms with E-state index >= 15 is 0 Å². The fourth-order valence-corrected chi connectivity index (χ4v) is 3.41. The summed E-state index contributed by atoms with van der Waals surface area (Å²) < 4.78 is 5.90. The highest BCUT2D eigenvalue weighted by Gasteiger charge is 2.15. The van der Waals surface area contributed by atoms with Crippen molar-refractivity contribution >= 4 is 24.1 Å². The Balaban J connectivity index is 0.00000320. The van der Waals surface area contributed by atoms with Gasteiger partial charge in [0.15, 0.2) is 0 Å². The highest BCUT2D eigenvalue weighted by atomic mass is 35.5. The fourth-order valence-electron chi connectivity index (χ4n) is 3.41. The molecule has 2 N–H and O–H groups in total. The smallest absolute Gasteiger partial charge is 0.321 e. The first-order valence-corrected chi connectivity index (χ1v) is 10.7. The molecule has 30 heavy (non-hydrogen) atoms. The minimum Gasteiger partial charge on any atom is -0.494 e. The van der Waals surface area contributed by atoms with Crippen LogP contribution in [0.3, 0.4) is 0 Å². The number of piperazine rings is 1. The molecule has 6 heteroatoms. The van der Waals surface area contributed by atoms with Crippen molar-refractivity contribution in [3.63, 3.8) is 0 Å². The first-order valence-electron chi connectivity index (χ1n) is 10.7. The number of carbonyl (C=O) groups is 1. The molecule has 1 fully saturated rings. The highest BCUT2D eigenvalue weighted by molar-refractivity contribution is 5.89. The highest BCUT2D eigenvalue weighted by Crippen LogP contribution is 2.20. The van der Waals surface area contributed by atoms with Gasteiger partial charge in [-0.15, -0.1) is 12.4 Å². The Morgan fingerprint density at radius 3 is 2.53 bits per heavy atom. The van der Waals surface area contributed by atoms with E-state index in [0.29, 0.717) is 5.92 Å². The molecule has 0 aliphatic carbocycles. The molecule has 164 valence electrons. The van der Waals surface area contributed by atoms with Gasteiger partial charge in [0.1, 0.15) is 5.75 Å². The van der Waals surface area contributed by atoms with E-state index in [4.69, 9.17) is 4.74 Å². The maximum Gasteiger partial charge on any atom is 0.321 e. The molecule has 2 aromatic carbocycles. The fraction of sp³-hybridized carbons (Fsp3) is 0.458. The quantitative estimate of drug-likeness (QED) is 0.573. The number of nitrogens with one attached hydrogen (secondary N) is 2. The molecule has 2 amide bonds. The summed E-state index contributed by atoms with van der Waals surface area (Å²) in [5.74, 6) is 1.48. The van der Waals surface area contributed by atoms with Gasteiger partial charge in [-0.2, -0.15) is 0 Å². The first kappa shape index (κ1) is 24.0. The number of rotatable bonds is 8. The second kappa shape index (κ2) is 12.5. The number of urea groups is 1. The van der Waals surface area contributed by atoms with Crippen LogP contribution in [0, 0.1) is 0 Å². The van der Waals surface area contributed by atoms with E-state index in [1.807, 2.05) is 23.1 Å². The van der Waals surface area contributed by atoms with Crippen LogP contribution in [0.4, 0.5) is 10.5 Å². The van der Waals surface area contributed by atoms with Crippen LogP contribution in [0.2, 0.25) is 0 Å². The molecular weight excluding hydrogens is 398 g/mol. The predicted molar refractivity (Wildman–Crippen MR) is 126 cm³/mol. The Morgan fingerprint density at radius 2 is 1.83 bits per heavy atom. The van der Waals surface area contributed by atoms with E-state index in [-0.39, 0.29) is 18.4 Å². The second-order valence-corrected chi connectivity index (χ2v) is 7.90. The number of unbranched alkanes of at least 4 members (excludes halogenated alkanes) is 1. The number of halogens is 1. The number of hydrogen-bond acceptors (Lipinski definition) is 3. The molecule has 1 aliphatic rings. The summed E-state index contributed by atoms with van der Waals surface area (Å²) in [4.78, 5) is 14.1. The Hall–Kier alpha value is -2.24. The van der Waals surface area contributed by atoms with E-state index in [9.17, 15) is 4.79 Å². The lowest BCUT2D eigenvalue weighted by Crippen LogP contribution is -2.48. The van der Waals surface area contributed by atoms with Crippen molar-refractivity contribution in [2.45, 2.75) is 39.0 Å². The van der Waals surface area contributed by atoms with Crippen molar-refractivity contribution in [1.82, 2.24) is 10.2 Å². The van der Waals surface area contributed by atoms with Crippen LogP contribution in [0.25, 0.3) is 0 Å². The molecule has 1 saturated heterocycles. The number of anilines is 1. The summed E-state index contributed by atoms with van der Waals surface area (Å²) in [5.41, 5.74) is 3.45. The summed E-state index contributed by atoms with van der Waals surface area (Å²) >= 11 is 0. The Bertz CT molecular complexity index is 774. The molecule has 2 aromatic rings. The normalized spacial score (nSPS) is 13.6. The van der Waals surface area contributed by atoms with Crippen molar-refractivity contribution in [3.8, 4) is 5.75 Å². The summed E-state index contributed by atoms with van der Waals surface area (Å²) in [6.07, 6.45) is 3.12. The molecule has 0 unspecified atom stereocenters. The molecule has 0 bridgehead atoms. The van der Waals surface area contributed by atoms with Gasteiger partial charge in [-0.3, -0.25) is 0 Å². The molecule has 3 rings (SSSR count). The van der Waals surface area contributed by atoms with Gasteiger partial charge >= 0.3 is 6.03 Å². The third kappa shape index (κ3) is 7.54. The first-order chi connectivity index (χ1) is 14.1. The number of carbonyl (C=O) groups excluding carboxylic acids is 1. The van der Waals surface area contributed by atoms with Gasteiger partial charge in [-0.05, 0) is 60.6 Å². The van der Waals surface area contributed by atoms with Crippen LogP contribution in [0.5, 0.6) is 5.75 Å². The van der Waals surface area contributed by atoms with Crippen molar-refractivity contribution in [2.24, 2.45) is 0 Å². The number of nitrogens with zero attached hydrogens (tertiary/aromatic N) is 1. The zero-order valence-electron chi connectivity index (χ0n) is 18.0. The Labute approximate surface area is 186 Å². The van der Waals surface area contributed by atoms with Crippen molar-refractivity contribution < 1.29 is 9.53 Å². The number of aryl methyl sites for hydroxylation is 1. The number of amides is 2. The van der Waals surface area contributed by atoms with Gasteiger partial charge in [0.2, 0.25) is 0 Å². The summed E-state index contributed by atoms with van der Waals surface area (Å²) in [5, 5.41) is 6.24. The summed E-state index contributed by atoms with van der Waals surface area (Å²) in [7, 11) is 0. The summed E-state index contributed by atoms with van der Waals surface area (Å²) in [6, 6.07) is 16.5. The minimum atomic E-state index is -0.0158. The van der Waals surface area contributed by atoms with E-state index in [1.165, 1.54) is 11.1 Å². The van der Waals surface area contributed by atoms with Gasteiger partial charge in [0.25, 0.3) is 0 Å². The average Bonchev–Trinajstić information content (AvgIpc) is 2.75. The number of hydrogen-bond donors (Lipinski definition) is 2. The zero-order chi connectivity index (χ0) is 20.5. The van der Waals surface area contributed by atoms with E-state index < -0.39 is 0 Å². The van der Waals surface area contributed by atoms with E-state index in [1.54, 1.807) is 0 Å². The third-order valence-corrected chi connectivity index (χ3v) is 5.26. The molecule has 0 aromatic heterocycles. The van der Waals surface area contributed by atoms with Crippen LogP contribution >= 0.6 is 12.4 Å². The topological polar surface area (TPSA) is 53.6 Å². The van der Waals surface area contributed by atoms with Gasteiger partial charge in [-0.1, -0.05) is 38.1 Å². The van der Waals surface area contributed by atoms with Crippen molar-refractivity contribution in [1.29, 1.82) is 0 Å². The largest absolute Gasteiger partial charge is 0.494 e.